The molecule has 1 aliphatic heterocycles. The van der Waals surface area contributed by atoms with Crippen LogP contribution in [0.15, 0.2) is 0 Å². The van der Waals surface area contributed by atoms with Crippen molar-refractivity contribution in [3.05, 3.63) is 0 Å². The summed E-state index contributed by atoms with van der Waals surface area (Å²) in [4.78, 5) is 0. The minimum atomic E-state index is -2.91. The second-order valence-corrected chi connectivity index (χ2v) is 6.57. The second-order valence-electron chi connectivity index (χ2n) is 4.38. The Morgan fingerprint density at radius 2 is 1.78 bits per heavy atom. The first-order valence-corrected chi connectivity index (χ1v) is 8.50. The predicted octanol–water partition coefficient (Wildman–Crippen LogP) is 2.84. The summed E-state index contributed by atoms with van der Waals surface area (Å²) in [7, 11) is -2.91. The van der Waals surface area contributed by atoms with Crippen molar-refractivity contribution in [3.8, 4) is 0 Å². The topological polar surface area (TPSA) is 57.3 Å². The normalized spacial score (nSPS) is 19.1. The van der Waals surface area contributed by atoms with Gasteiger partial charge < -0.3 is 18.5 Å². The van der Waals surface area contributed by atoms with Crippen LogP contribution < -0.4 is 0 Å². The third-order valence-corrected chi connectivity index (χ3v) is 4.43. The molecule has 1 aliphatic rings. The van der Waals surface area contributed by atoms with Crippen LogP contribution >= 0.6 is 7.60 Å². The van der Waals surface area contributed by atoms with Crippen LogP contribution in [0.4, 0.5) is 0 Å². The fraction of sp³-hybridized carbons (Fsp3) is 1.00. The first-order chi connectivity index (χ1) is 8.70. The van der Waals surface area contributed by atoms with Gasteiger partial charge in [-0.25, -0.2) is 0 Å². The van der Waals surface area contributed by atoms with Gasteiger partial charge in [0.05, 0.1) is 32.6 Å². The number of ether oxygens (including phenoxy) is 2. The van der Waals surface area contributed by atoms with Crippen LogP contribution in [0.25, 0.3) is 0 Å². The Balaban J connectivity index is 2.14. The quantitative estimate of drug-likeness (QED) is 0.312. The average Bonchev–Trinajstić information content (AvgIpc) is 3.18. The molecule has 6 heteroatoms. The molecule has 0 saturated carbocycles. The molecule has 108 valence electrons. The van der Waals surface area contributed by atoms with Crippen molar-refractivity contribution >= 4 is 7.60 Å². The van der Waals surface area contributed by atoms with Crippen molar-refractivity contribution in [3.63, 3.8) is 0 Å². The maximum Gasteiger partial charge on any atom is 0.330 e. The Morgan fingerprint density at radius 3 is 2.28 bits per heavy atom. The van der Waals surface area contributed by atoms with Gasteiger partial charge in [0.25, 0.3) is 0 Å². The molecule has 1 fully saturated rings. The van der Waals surface area contributed by atoms with Crippen LogP contribution in [0, 0.1) is 0 Å². The van der Waals surface area contributed by atoms with Crippen LogP contribution in [0.1, 0.15) is 33.1 Å². The smallest absolute Gasteiger partial charge is 0.330 e. The summed E-state index contributed by atoms with van der Waals surface area (Å²) < 4.78 is 33.5. The molecule has 0 aromatic carbocycles. The van der Waals surface area contributed by atoms with Crippen LogP contribution in [0.2, 0.25) is 0 Å². The van der Waals surface area contributed by atoms with E-state index in [0.29, 0.717) is 39.0 Å². The fourth-order valence-electron chi connectivity index (χ4n) is 1.37. The molecule has 18 heavy (non-hydrogen) atoms. The molecule has 0 aromatic rings. The Kier molecular flexibility index (Phi) is 8.11. The fourth-order valence-corrected chi connectivity index (χ4v) is 3.14. The molecule has 0 radical (unpaired) electrons. The summed E-state index contributed by atoms with van der Waals surface area (Å²) in [5.41, 5.74) is 0. The van der Waals surface area contributed by atoms with Crippen LogP contribution in [0.3, 0.4) is 0 Å². The highest BCUT2D eigenvalue weighted by Gasteiger charge is 2.24. The van der Waals surface area contributed by atoms with Gasteiger partial charge in [0.1, 0.15) is 6.10 Å². The third-order valence-electron chi connectivity index (χ3n) is 2.41. The zero-order valence-corrected chi connectivity index (χ0v) is 12.3. The lowest BCUT2D eigenvalue weighted by Gasteiger charge is -2.18. The minimum Gasteiger partial charge on any atom is -0.379 e. The van der Waals surface area contributed by atoms with Gasteiger partial charge in [-0.3, -0.25) is 4.57 Å². The molecule has 0 spiro atoms. The summed E-state index contributed by atoms with van der Waals surface area (Å²) >= 11 is 0. The van der Waals surface area contributed by atoms with Gasteiger partial charge in [-0.15, -0.1) is 0 Å². The third kappa shape index (κ3) is 7.49. The van der Waals surface area contributed by atoms with Gasteiger partial charge in [-0.05, 0) is 19.3 Å². The monoisotopic (exact) mass is 280 g/mol. The van der Waals surface area contributed by atoms with Gasteiger partial charge in [-0.1, -0.05) is 13.8 Å². The molecule has 0 aliphatic carbocycles. The van der Waals surface area contributed by atoms with Gasteiger partial charge in [0, 0.05) is 6.61 Å². The molecule has 0 aromatic heterocycles. The van der Waals surface area contributed by atoms with E-state index < -0.39 is 7.60 Å². The standard InChI is InChI=1S/C12H25O5P/c1-3-6-16-18(13,17-7-4-2)9-5-8-14-10-12-11-15-12/h12H,3-11H2,1-2H3. The van der Waals surface area contributed by atoms with Crippen molar-refractivity contribution in [2.75, 3.05) is 39.2 Å². The second kappa shape index (κ2) is 9.05. The Morgan fingerprint density at radius 1 is 1.17 bits per heavy atom. The van der Waals surface area contributed by atoms with Crippen molar-refractivity contribution in [1.29, 1.82) is 0 Å². The molecule has 5 nitrogen and oxygen atoms in total. The van der Waals surface area contributed by atoms with E-state index >= 15 is 0 Å². The van der Waals surface area contributed by atoms with E-state index in [1.807, 2.05) is 13.8 Å². The molecule has 0 bridgehead atoms. The van der Waals surface area contributed by atoms with E-state index in [2.05, 4.69) is 0 Å². The van der Waals surface area contributed by atoms with Gasteiger partial charge in [-0.2, -0.15) is 0 Å². The summed E-state index contributed by atoms with van der Waals surface area (Å²) in [5.74, 6) is 0. The summed E-state index contributed by atoms with van der Waals surface area (Å²) in [6, 6.07) is 0. The lowest BCUT2D eigenvalue weighted by Crippen LogP contribution is -2.07. The van der Waals surface area contributed by atoms with Gasteiger partial charge >= 0.3 is 7.60 Å². The maximum absolute atomic E-state index is 12.3. The summed E-state index contributed by atoms with van der Waals surface area (Å²) in [5, 5.41) is 0. The lowest BCUT2D eigenvalue weighted by atomic mass is 10.5. The minimum absolute atomic E-state index is 0.282. The molecular weight excluding hydrogens is 255 g/mol. The highest BCUT2D eigenvalue weighted by molar-refractivity contribution is 7.53. The largest absolute Gasteiger partial charge is 0.379 e. The lowest BCUT2D eigenvalue weighted by molar-refractivity contribution is 0.115. The molecule has 1 saturated heterocycles. The van der Waals surface area contributed by atoms with E-state index in [-0.39, 0.29) is 6.10 Å². The van der Waals surface area contributed by atoms with Gasteiger partial charge in [0.2, 0.25) is 0 Å². The molecule has 0 N–H and O–H groups in total. The predicted molar refractivity (Wildman–Crippen MR) is 70.1 cm³/mol. The Hall–Kier alpha value is 0.0700. The average molecular weight is 280 g/mol. The SMILES string of the molecule is CCCOP(=O)(CCCOCC1CO1)OCCC. The highest BCUT2D eigenvalue weighted by atomic mass is 31.2. The van der Waals surface area contributed by atoms with Crippen molar-refractivity contribution < 1.29 is 23.1 Å². The van der Waals surface area contributed by atoms with Crippen molar-refractivity contribution in [2.24, 2.45) is 0 Å². The molecule has 0 amide bonds. The van der Waals surface area contributed by atoms with E-state index in [1.54, 1.807) is 0 Å². The molecule has 1 heterocycles. The summed E-state index contributed by atoms with van der Waals surface area (Å²) in [6.07, 6.45) is 3.09. The van der Waals surface area contributed by atoms with Crippen LogP contribution in [0.5, 0.6) is 0 Å². The molecule has 1 unspecified atom stereocenters. The van der Waals surface area contributed by atoms with E-state index in [9.17, 15) is 4.57 Å². The Bertz CT molecular complexity index is 243. The number of rotatable bonds is 12. The summed E-state index contributed by atoms with van der Waals surface area (Å²) in [6.45, 7) is 6.96. The first-order valence-electron chi connectivity index (χ1n) is 6.77. The molecule has 1 atom stereocenters. The highest BCUT2D eigenvalue weighted by Crippen LogP contribution is 2.48. The maximum atomic E-state index is 12.3. The van der Waals surface area contributed by atoms with Crippen molar-refractivity contribution in [2.45, 2.75) is 39.2 Å². The van der Waals surface area contributed by atoms with E-state index in [4.69, 9.17) is 18.5 Å². The zero-order valence-electron chi connectivity index (χ0n) is 11.4. The van der Waals surface area contributed by atoms with Crippen LogP contribution in [-0.2, 0) is 23.1 Å². The first kappa shape index (κ1) is 16.1. The van der Waals surface area contributed by atoms with E-state index in [0.717, 1.165) is 19.4 Å². The molecular formula is C12H25O5P. The van der Waals surface area contributed by atoms with Crippen LogP contribution in [-0.4, -0.2) is 45.3 Å². The van der Waals surface area contributed by atoms with Crippen molar-refractivity contribution in [1.82, 2.24) is 0 Å². The number of epoxide rings is 1. The Labute approximate surface area is 110 Å². The number of hydrogen-bond donors (Lipinski definition) is 0. The molecule has 1 rings (SSSR count). The van der Waals surface area contributed by atoms with E-state index in [1.165, 1.54) is 0 Å². The number of hydrogen-bond acceptors (Lipinski definition) is 5. The zero-order chi connectivity index (χ0) is 13.3. The van der Waals surface area contributed by atoms with Gasteiger partial charge in [0.15, 0.2) is 0 Å².